The highest BCUT2D eigenvalue weighted by Crippen LogP contribution is 2.26. The van der Waals surface area contributed by atoms with Gasteiger partial charge in [0.25, 0.3) is 0 Å². The van der Waals surface area contributed by atoms with E-state index in [1.54, 1.807) is 18.3 Å². The van der Waals surface area contributed by atoms with Crippen molar-refractivity contribution in [2.24, 2.45) is 5.73 Å². The van der Waals surface area contributed by atoms with E-state index in [4.69, 9.17) is 17.3 Å². The Kier molecular flexibility index (Phi) is 3.86. The molecule has 0 aliphatic rings. The molecule has 0 saturated heterocycles. The highest BCUT2D eigenvalue weighted by atomic mass is 35.5. The number of pyridine rings is 1. The van der Waals surface area contributed by atoms with E-state index in [0.717, 1.165) is 12.1 Å². The lowest BCUT2D eigenvalue weighted by Gasteiger charge is -2.08. The van der Waals surface area contributed by atoms with Gasteiger partial charge >= 0.3 is 0 Å². The minimum atomic E-state index is -0.295. The maximum Gasteiger partial charge on any atom is 0.160 e. The van der Waals surface area contributed by atoms with Gasteiger partial charge < -0.3 is 10.3 Å². The molecule has 0 atom stereocenters. The van der Waals surface area contributed by atoms with Gasteiger partial charge in [0.15, 0.2) is 5.65 Å². The number of hydrogen-bond acceptors (Lipinski definition) is 3. The van der Waals surface area contributed by atoms with Crippen LogP contribution in [0.4, 0.5) is 4.39 Å². The lowest BCUT2D eigenvalue weighted by molar-refractivity contribution is 0.627. The monoisotopic (exact) mass is 304 g/mol. The number of aromatic nitrogens is 3. The molecule has 2 heterocycles. The fourth-order valence-electron chi connectivity index (χ4n) is 2.30. The van der Waals surface area contributed by atoms with Crippen molar-refractivity contribution < 1.29 is 4.39 Å². The minimum Gasteiger partial charge on any atom is -0.330 e. The molecule has 2 N–H and O–H groups in total. The van der Waals surface area contributed by atoms with Crippen molar-refractivity contribution >= 4 is 22.8 Å². The molecule has 0 aliphatic heterocycles. The largest absolute Gasteiger partial charge is 0.330 e. The summed E-state index contributed by atoms with van der Waals surface area (Å²) in [6.45, 7) is 1.24. The SMILES string of the molecule is NCCCn1c(-c2cccc(F)c2)nc2cc(Cl)cnc21. The van der Waals surface area contributed by atoms with E-state index in [9.17, 15) is 4.39 Å². The molecule has 4 nitrogen and oxygen atoms in total. The van der Waals surface area contributed by atoms with Crippen LogP contribution in [0.25, 0.3) is 22.6 Å². The number of nitrogens with zero attached hydrogens (tertiary/aromatic N) is 3. The van der Waals surface area contributed by atoms with Crippen LogP contribution in [0.5, 0.6) is 0 Å². The Hall–Kier alpha value is -1.98. The van der Waals surface area contributed by atoms with Gasteiger partial charge in [0.05, 0.1) is 5.02 Å². The molecule has 108 valence electrons. The van der Waals surface area contributed by atoms with Crippen molar-refractivity contribution in [1.82, 2.24) is 14.5 Å². The topological polar surface area (TPSA) is 56.7 Å². The van der Waals surface area contributed by atoms with Crippen molar-refractivity contribution in [2.45, 2.75) is 13.0 Å². The Morgan fingerprint density at radius 2 is 2.14 bits per heavy atom. The van der Waals surface area contributed by atoms with E-state index >= 15 is 0 Å². The third-order valence-corrected chi connectivity index (χ3v) is 3.43. The number of aryl methyl sites for hydroxylation is 1. The second-order valence-electron chi connectivity index (χ2n) is 4.74. The van der Waals surface area contributed by atoms with E-state index in [1.807, 2.05) is 10.6 Å². The predicted molar refractivity (Wildman–Crippen MR) is 81.6 cm³/mol. The summed E-state index contributed by atoms with van der Waals surface area (Å²) in [5.41, 5.74) is 7.72. The van der Waals surface area contributed by atoms with Crippen LogP contribution in [0.15, 0.2) is 36.5 Å². The fraction of sp³-hybridized carbons (Fsp3) is 0.200. The Morgan fingerprint density at radius 3 is 2.90 bits per heavy atom. The smallest absolute Gasteiger partial charge is 0.160 e. The van der Waals surface area contributed by atoms with Crippen LogP contribution >= 0.6 is 11.6 Å². The molecule has 2 aromatic heterocycles. The van der Waals surface area contributed by atoms with Crippen molar-refractivity contribution in [3.8, 4) is 11.4 Å². The standard InChI is InChI=1S/C15H14ClFN4/c16-11-8-13-15(19-9-11)21(6-2-5-18)14(20-13)10-3-1-4-12(17)7-10/h1,3-4,7-9H,2,5-6,18H2. The lowest BCUT2D eigenvalue weighted by atomic mass is 10.2. The summed E-state index contributed by atoms with van der Waals surface area (Å²) < 4.78 is 15.4. The molecule has 0 bridgehead atoms. The zero-order valence-electron chi connectivity index (χ0n) is 11.3. The summed E-state index contributed by atoms with van der Waals surface area (Å²) in [4.78, 5) is 8.88. The number of rotatable bonds is 4. The first-order valence-corrected chi connectivity index (χ1v) is 7.04. The molecule has 0 saturated carbocycles. The van der Waals surface area contributed by atoms with Crippen LogP contribution in [-0.2, 0) is 6.54 Å². The predicted octanol–water partition coefficient (Wildman–Crippen LogP) is 3.24. The molecule has 0 radical (unpaired) electrons. The van der Waals surface area contributed by atoms with Crippen molar-refractivity contribution in [1.29, 1.82) is 0 Å². The second kappa shape index (κ2) is 5.79. The fourth-order valence-corrected chi connectivity index (χ4v) is 2.45. The Bertz CT molecular complexity index is 784. The van der Waals surface area contributed by atoms with Crippen LogP contribution in [-0.4, -0.2) is 21.1 Å². The van der Waals surface area contributed by atoms with E-state index in [-0.39, 0.29) is 5.82 Å². The van der Waals surface area contributed by atoms with Crippen molar-refractivity contribution in [3.05, 3.63) is 47.4 Å². The number of fused-ring (bicyclic) bond motifs is 1. The average molecular weight is 305 g/mol. The molecule has 0 amide bonds. The summed E-state index contributed by atoms with van der Waals surface area (Å²) in [6, 6.07) is 8.11. The van der Waals surface area contributed by atoms with Crippen LogP contribution < -0.4 is 5.73 Å². The summed E-state index contributed by atoms with van der Waals surface area (Å²) in [7, 11) is 0. The minimum absolute atomic E-state index is 0.295. The summed E-state index contributed by atoms with van der Waals surface area (Å²) in [6.07, 6.45) is 2.37. The first-order valence-electron chi connectivity index (χ1n) is 6.67. The highest BCUT2D eigenvalue weighted by molar-refractivity contribution is 6.31. The maximum atomic E-state index is 13.5. The van der Waals surface area contributed by atoms with Crippen LogP contribution in [0, 0.1) is 5.82 Å². The second-order valence-corrected chi connectivity index (χ2v) is 5.17. The van der Waals surface area contributed by atoms with Crippen LogP contribution in [0.3, 0.4) is 0 Å². The zero-order chi connectivity index (χ0) is 14.8. The van der Waals surface area contributed by atoms with Crippen molar-refractivity contribution in [2.75, 3.05) is 6.54 Å². The molecule has 0 unspecified atom stereocenters. The van der Waals surface area contributed by atoms with E-state index in [2.05, 4.69) is 9.97 Å². The van der Waals surface area contributed by atoms with E-state index in [0.29, 0.717) is 35.0 Å². The Labute approximate surface area is 126 Å². The number of imidazole rings is 1. The van der Waals surface area contributed by atoms with E-state index in [1.165, 1.54) is 12.1 Å². The quantitative estimate of drug-likeness (QED) is 0.805. The first kappa shape index (κ1) is 14.0. The average Bonchev–Trinajstić information content (AvgIpc) is 2.82. The summed E-state index contributed by atoms with van der Waals surface area (Å²) >= 11 is 5.96. The molecular formula is C15H14ClFN4. The third-order valence-electron chi connectivity index (χ3n) is 3.22. The number of hydrogen-bond donors (Lipinski definition) is 1. The van der Waals surface area contributed by atoms with Crippen LogP contribution in [0.1, 0.15) is 6.42 Å². The van der Waals surface area contributed by atoms with Crippen LogP contribution in [0.2, 0.25) is 5.02 Å². The zero-order valence-corrected chi connectivity index (χ0v) is 12.0. The van der Waals surface area contributed by atoms with E-state index < -0.39 is 0 Å². The number of benzene rings is 1. The molecule has 21 heavy (non-hydrogen) atoms. The Balaban J connectivity index is 2.20. The maximum absolute atomic E-state index is 13.5. The molecule has 6 heteroatoms. The highest BCUT2D eigenvalue weighted by Gasteiger charge is 2.14. The Morgan fingerprint density at radius 1 is 1.29 bits per heavy atom. The first-order chi connectivity index (χ1) is 10.2. The number of nitrogens with two attached hydrogens (primary N) is 1. The van der Waals surface area contributed by atoms with Gasteiger partial charge in [-0.2, -0.15) is 0 Å². The van der Waals surface area contributed by atoms with Gasteiger partial charge in [0.1, 0.15) is 17.2 Å². The van der Waals surface area contributed by atoms with Gasteiger partial charge in [-0.1, -0.05) is 23.7 Å². The van der Waals surface area contributed by atoms with Gasteiger partial charge in [-0.15, -0.1) is 0 Å². The molecule has 0 aliphatic carbocycles. The molecular weight excluding hydrogens is 291 g/mol. The third kappa shape index (κ3) is 2.75. The molecule has 0 spiro atoms. The molecule has 0 fully saturated rings. The van der Waals surface area contributed by atoms with Gasteiger partial charge in [-0.05, 0) is 31.2 Å². The number of halogens is 2. The van der Waals surface area contributed by atoms with Gasteiger partial charge in [-0.3, -0.25) is 0 Å². The normalized spacial score (nSPS) is 11.2. The van der Waals surface area contributed by atoms with Gasteiger partial charge in [0, 0.05) is 18.3 Å². The molecule has 3 aromatic rings. The van der Waals surface area contributed by atoms with Crippen molar-refractivity contribution in [3.63, 3.8) is 0 Å². The lowest BCUT2D eigenvalue weighted by Crippen LogP contribution is -2.07. The molecule has 1 aromatic carbocycles. The molecule has 3 rings (SSSR count). The van der Waals surface area contributed by atoms with Gasteiger partial charge in [-0.25, -0.2) is 14.4 Å². The van der Waals surface area contributed by atoms with Gasteiger partial charge in [0.2, 0.25) is 0 Å². The summed E-state index contributed by atoms with van der Waals surface area (Å²) in [5.74, 6) is 0.378. The summed E-state index contributed by atoms with van der Waals surface area (Å²) in [5, 5.41) is 0.525.